The molecule has 0 aliphatic carbocycles. The van der Waals surface area contributed by atoms with Gasteiger partial charge in [0.15, 0.2) is 0 Å². The topological polar surface area (TPSA) is 58.4 Å². The number of nitrogens with zero attached hydrogens (tertiary/aromatic N) is 2. The molecule has 1 aromatic heterocycles. The zero-order valence-electron chi connectivity index (χ0n) is 12.7. The Morgan fingerprint density at radius 1 is 1.41 bits per heavy atom. The lowest BCUT2D eigenvalue weighted by Gasteiger charge is -2.17. The summed E-state index contributed by atoms with van der Waals surface area (Å²) >= 11 is 6.19. The van der Waals surface area contributed by atoms with Crippen molar-refractivity contribution in [3.63, 3.8) is 0 Å². The number of amides is 1. The van der Waals surface area contributed by atoms with Crippen LogP contribution in [0.3, 0.4) is 0 Å². The van der Waals surface area contributed by atoms with Gasteiger partial charge >= 0.3 is 0 Å². The molecule has 2 aromatic rings. The maximum Gasteiger partial charge on any atom is 0.259 e. The second-order valence-corrected chi connectivity index (χ2v) is 5.18. The number of hydrogen-bond acceptors (Lipinski definition) is 4. The molecule has 0 atom stereocenters. The van der Waals surface area contributed by atoms with Crippen LogP contribution >= 0.6 is 24.0 Å². The molecule has 0 saturated heterocycles. The molecule has 0 bridgehead atoms. The van der Waals surface area contributed by atoms with Crippen molar-refractivity contribution in [2.24, 2.45) is 0 Å². The van der Waals surface area contributed by atoms with Crippen molar-refractivity contribution in [2.45, 2.75) is 6.92 Å². The minimum absolute atomic E-state index is 0. The van der Waals surface area contributed by atoms with Gasteiger partial charge < -0.3 is 14.7 Å². The molecule has 0 aliphatic heterocycles. The third-order valence-corrected chi connectivity index (χ3v) is 3.58. The highest BCUT2D eigenvalue weighted by molar-refractivity contribution is 6.33. The van der Waals surface area contributed by atoms with Crippen LogP contribution < -0.4 is 5.32 Å². The van der Waals surface area contributed by atoms with E-state index in [9.17, 15) is 4.79 Å². The fraction of sp³-hybridized carbons (Fsp3) is 0.333. The average molecular weight is 344 g/mol. The second kappa shape index (κ2) is 8.17. The Balaban J connectivity index is 0.00000242. The summed E-state index contributed by atoms with van der Waals surface area (Å²) in [4.78, 5) is 14.2. The molecule has 120 valence electrons. The van der Waals surface area contributed by atoms with E-state index in [1.807, 2.05) is 25.2 Å². The van der Waals surface area contributed by atoms with Gasteiger partial charge in [-0.2, -0.15) is 0 Å². The van der Waals surface area contributed by atoms with E-state index in [0.29, 0.717) is 40.7 Å². The van der Waals surface area contributed by atoms with Gasteiger partial charge in [-0.1, -0.05) is 35.0 Å². The Morgan fingerprint density at radius 2 is 2.09 bits per heavy atom. The Bertz CT molecular complexity index is 643. The Labute approximate surface area is 141 Å². The minimum atomic E-state index is -0.126. The van der Waals surface area contributed by atoms with E-state index in [-0.39, 0.29) is 18.3 Å². The summed E-state index contributed by atoms with van der Waals surface area (Å²) in [6.07, 6.45) is 0. The lowest BCUT2D eigenvalue weighted by atomic mass is 10.1. The highest BCUT2D eigenvalue weighted by Gasteiger charge is 2.25. The third kappa shape index (κ3) is 3.80. The van der Waals surface area contributed by atoms with E-state index in [1.54, 1.807) is 24.9 Å². The maximum absolute atomic E-state index is 12.6. The number of hydrogen-bond donors (Lipinski definition) is 1. The SMILES string of the molecule is CNCCN(C)C(=O)c1c(-c2ccccc2Cl)noc1C.Cl. The number of aromatic nitrogens is 1. The molecule has 1 heterocycles. The fourth-order valence-electron chi connectivity index (χ4n) is 2.03. The van der Waals surface area contributed by atoms with Crippen LogP contribution in [-0.2, 0) is 0 Å². The van der Waals surface area contributed by atoms with Crippen LogP contribution in [0.1, 0.15) is 16.1 Å². The molecule has 1 amide bonds. The second-order valence-electron chi connectivity index (χ2n) is 4.77. The summed E-state index contributed by atoms with van der Waals surface area (Å²) in [6, 6.07) is 7.27. The summed E-state index contributed by atoms with van der Waals surface area (Å²) in [6.45, 7) is 3.04. The molecule has 0 fully saturated rings. The largest absolute Gasteiger partial charge is 0.360 e. The van der Waals surface area contributed by atoms with Gasteiger partial charge in [-0.3, -0.25) is 4.79 Å². The molecule has 5 nitrogen and oxygen atoms in total. The first-order valence-corrected chi connectivity index (χ1v) is 7.05. The van der Waals surface area contributed by atoms with Crippen molar-refractivity contribution >= 4 is 29.9 Å². The Kier molecular flexibility index (Phi) is 6.87. The van der Waals surface area contributed by atoms with Gasteiger partial charge in [0, 0.05) is 25.7 Å². The van der Waals surface area contributed by atoms with E-state index < -0.39 is 0 Å². The van der Waals surface area contributed by atoms with E-state index >= 15 is 0 Å². The smallest absolute Gasteiger partial charge is 0.259 e. The minimum Gasteiger partial charge on any atom is -0.360 e. The van der Waals surface area contributed by atoms with Crippen LogP contribution in [0.5, 0.6) is 0 Å². The average Bonchev–Trinajstić information content (AvgIpc) is 2.86. The van der Waals surface area contributed by atoms with Crippen LogP contribution in [0.2, 0.25) is 5.02 Å². The predicted molar refractivity (Wildman–Crippen MR) is 89.8 cm³/mol. The van der Waals surface area contributed by atoms with Crippen LogP contribution in [0, 0.1) is 6.92 Å². The molecule has 1 N–H and O–H groups in total. The van der Waals surface area contributed by atoms with Crippen molar-refractivity contribution in [2.75, 3.05) is 27.2 Å². The van der Waals surface area contributed by atoms with Gasteiger partial charge in [0.05, 0.1) is 5.02 Å². The summed E-state index contributed by atoms with van der Waals surface area (Å²) in [7, 11) is 3.60. The number of rotatable bonds is 5. The zero-order chi connectivity index (χ0) is 15.4. The molecule has 22 heavy (non-hydrogen) atoms. The monoisotopic (exact) mass is 343 g/mol. The van der Waals surface area contributed by atoms with Gasteiger partial charge in [-0.25, -0.2) is 0 Å². The molecule has 2 rings (SSSR count). The predicted octanol–water partition coefficient (Wildman–Crippen LogP) is 3.02. The van der Waals surface area contributed by atoms with Crippen LogP contribution in [0.25, 0.3) is 11.3 Å². The number of likely N-dealkylation sites (N-methyl/N-ethyl adjacent to an activating group) is 2. The molecule has 0 radical (unpaired) electrons. The standard InChI is InChI=1S/C15H18ClN3O2.ClH/c1-10-13(15(20)19(3)9-8-17-2)14(18-21-10)11-6-4-5-7-12(11)16;/h4-7,17H,8-9H2,1-3H3;1H. The molecular formula is C15H19Cl2N3O2. The Hall–Kier alpha value is -1.56. The molecule has 0 unspecified atom stereocenters. The molecule has 0 saturated carbocycles. The number of aryl methyl sites for hydroxylation is 1. The third-order valence-electron chi connectivity index (χ3n) is 3.25. The zero-order valence-corrected chi connectivity index (χ0v) is 14.3. The van der Waals surface area contributed by atoms with E-state index in [0.717, 1.165) is 0 Å². The fourth-order valence-corrected chi connectivity index (χ4v) is 2.26. The van der Waals surface area contributed by atoms with Crippen LogP contribution in [-0.4, -0.2) is 43.1 Å². The molecular weight excluding hydrogens is 325 g/mol. The van der Waals surface area contributed by atoms with E-state index in [4.69, 9.17) is 16.1 Å². The van der Waals surface area contributed by atoms with E-state index in [1.165, 1.54) is 0 Å². The summed E-state index contributed by atoms with van der Waals surface area (Å²) in [5, 5.41) is 7.56. The summed E-state index contributed by atoms with van der Waals surface area (Å²) in [5.74, 6) is 0.366. The quantitative estimate of drug-likeness (QED) is 0.906. The Morgan fingerprint density at radius 3 is 2.73 bits per heavy atom. The first-order chi connectivity index (χ1) is 10.1. The number of benzene rings is 1. The summed E-state index contributed by atoms with van der Waals surface area (Å²) in [5.41, 5.74) is 1.64. The van der Waals surface area contributed by atoms with E-state index in [2.05, 4.69) is 10.5 Å². The highest BCUT2D eigenvalue weighted by Crippen LogP contribution is 2.31. The molecule has 1 aromatic carbocycles. The van der Waals surface area contributed by atoms with Gasteiger partial charge in [0.25, 0.3) is 5.91 Å². The number of halogens is 2. The first kappa shape index (κ1) is 18.5. The maximum atomic E-state index is 12.6. The summed E-state index contributed by atoms with van der Waals surface area (Å²) < 4.78 is 5.21. The van der Waals surface area contributed by atoms with Gasteiger partial charge in [-0.05, 0) is 20.0 Å². The van der Waals surface area contributed by atoms with Crippen molar-refractivity contribution in [3.05, 3.63) is 40.6 Å². The van der Waals surface area contributed by atoms with Crippen LogP contribution in [0.15, 0.2) is 28.8 Å². The number of nitrogens with one attached hydrogen (secondary N) is 1. The lowest BCUT2D eigenvalue weighted by molar-refractivity contribution is 0.0796. The molecule has 7 heteroatoms. The lowest BCUT2D eigenvalue weighted by Crippen LogP contribution is -2.33. The van der Waals surface area contributed by atoms with Crippen molar-refractivity contribution in [1.29, 1.82) is 0 Å². The van der Waals surface area contributed by atoms with Gasteiger partial charge in [-0.15, -0.1) is 12.4 Å². The number of carbonyl (C=O) groups is 1. The van der Waals surface area contributed by atoms with Crippen molar-refractivity contribution in [1.82, 2.24) is 15.4 Å². The molecule has 0 spiro atoms. The molecule has 0 aliphatic rings. The number of carbonyl (C=O) groups excluding carboxylic acids is 1. The normalized spacial score (nSPS) is 10.2. The highest BCUT2D eigenvalue weighted by atomic mass is 35.5. The van der Waals surface area contributed by atoms with Gasteiger partial charge in [0.2, 0.25) is 0 Å². The van der Waals surface area contributed by atoms with Gasteiger partial charge in [0.1, 0.15) is 17.0 Å². The van der Waals surface area contributed by atoms with Crippen LogP contribution in [0.4, 0.5) is 0 Å². The van der Waals surface area contributed by atoms with Crippen molar-refractivity contribution in [3.8, 4) is 11.3 Å². The first-order valence-electron chi connectivity index (χ1n) is 6.67. The van der Waals surface area contributed by atoms with Crippen molar-refractivity contribution < 1.29 is 9.32 Å².